The van der Waals surface area contributed by atoms with Gasteiger partial charge in [0, 0.05) is 25.1 Å². The van der Waals surface area contributed by atoms with Crippen LogP contribution in [0.5, 0.6) is 0 Å². The topological polar surface area (TPSA) is 148 Å². The molecule has 4 rings (SSSR count). The molecule has 0 saturated carbocycles. The minimum Gasteiger partial charge on any atom is -0.394 e. The van der Waals surface area contributed by atoms with Crippen LogP contribution in [0.3, 0.4) is 0 Å². The van der Waals surface area contributed by atoms with Crippen LogP contribution in [0.4, 0.5) is 11.5 Å². The van der Waals surface area contributed by atoms with Gasteiger partial charge < -0.3 is 20.3 Å². The van der Waals surface area contributed by atoms with Gasteiger partial charge in [0.2, 0.25) is 0 Å². The summed E-state index contributed by atoms with van der Waals surface area (Å²) in [5.74, 6) is 0.494. The first-order valence-corrected chi connectivity index (χ1v) is 8.66. The Morgan fingerprint density at radius 2 is 2.07 bits per heavy atom. The summed E-state index contributed by atoms with van der Waals surface area (Å²) in [6.45, 7) is 0.226. The molecule has 11 nitrogen and oxygen atoms in total. The van der Waals surface area contributed by atoms with E-state index in [1.165, 1.54) is 24.8 Å². The standard InChI is InChI=1S/C17H18N6O5/c24-7-12-5-13(25)17(28-12)22-9-21-14-15(19-8-20-16(14)22)18-6-10-1-3-11(4-2-10)23(26)27/h1-4,8-9,12-13,17,24-25H,5-7H2,(H,18,19,20)/t12-,13+,17+/m0/s1. The van der Waals surface area contributed by atoms with E-state index in [0.29, 0.717) is 29.9 Å². The number of hydrogen-bond donors (Lipinski definition) is 3. The number of fused-ring (bicyclic) bond motifs is 1. The molecule has 3 atom stereocenters. The molecule has 146 valence electrons. The number of aliphatic hydroxyl groups excluding tert-OH is 2. The number of ether oxygens (including phenoxy) is 1. The van der Waals surface area contributed by atoms with Crippen molar-refractivity contribution in [2.45, 2.75) is 31.4 Å². The van der Waals surface area contributed by atoms with Gasteiger partial charge >= 0.3 is 0 Å². The molecule has 0 amide bonds. The molecule has 2 aromatic heterocycles. The highest BCUT2D eigenvalue weighted by molar-refractivity contribution is 5.82. The number of imidazole rings is 1. The molecular weight excluding hydrogens is 368 g/mol. The minimum atomic E-state index is -0.777. The van der Waals surface area contributed by atoms with E-state index in [1.807, 2.05) is 0 Å². The lowest BCUT2D eigenvalue weighted by molar-refractivity contribution is -0.384. The average Bonchev–Trinajstić information content (AvgIpc) is 3.29. The van der Waals surface area contributed by atoms with Crippen LogP contribution in [0.25, 0.3) is 11.2 Å². The molecule has 0 radical (unpaired) electrons. The van der Waals surface area contributed by atoms with Crippen molar-refractivity contribution in [1.29, 1.82) is 0 Å². The van der Waals surface area contributed by atoms with E-state index in [4.69, 9.17) is 4.74 Å². The van der Waals surface area contributed by atoms with Gasteiger partial charge in [0.15, 0.2) is 23.2 Å². The quantitative estimate of drug-likeness (QED) is 0.416. The molecular formula is C17H18N6O5. The van der Waals surface area contributed by atoms with E-state index in [1.54, 1.807) is 16.7 Å². The predicted molar refractivity (Wildman–Crippen MR) is 97.4 cm³/mol. The molecule has 1 saturated heterocycles. The monoisotopic (exact) mass is 386 g/mol. The van der Waals surface area contributed by atoms with Crippen molar-refractivity contribution in [2.24, 2.45) is 0 Å². The van der Waals surface area contributed by atoms with Gasteiger partial charge in [-0.1, -0.05) is 12.1 Å². The average molecular weight is 386 g/mol. The Bertz CT molecular complexity index is 991. The second-order valence-corrected chi connectivity index (χ2v) is 6.46. The van der Waals surface area contributed by atoms with Crippen molar-refractivity contribution in [3.05, 3.63) is 52.6 Å². The van der Waals surface area contributed by atoms with Crippen molar-refractivity contribution in [3.63, 3.8) is 0 Å². The van der Waals surface area contributed by atoms with Gasteiger partial charge in [-0.25, -0.2) is 15.0 Å². The number of nitro groups is 1. The van der Waals surface area contributed by atoms with Crippen molar-refractivity contribution in [1.82, 2.24) is 19.5 Å². The van der Waals surface area contributed by atoms with E-state index >= 15 is 0 Å². The van der Waals surface area contributed by atoms with Gasteiger partial charge in [-0.05, 0) is 5.56 Å². The number of aromatic nitrogens is 4. The number of non-ortho nitro benzene ring substituents is 1. The molecule has 1 aliphatic heterocycles. The van der Waals surface area contributed by atoms with E-state index in [0.717, 1.165) is 5.56 Å². The van der Waals surface area contributed by atoms with E-state index < -0.39 is 23.4 Å². The first kappa shape index (κ1) is 18.2. The van der Waals surface area contributed by atoms with Crippen molar-refractivity contribution >= 4 is 22.7 Å². The SMILES string of the molecule is O=[N+]([O-])c1ccc(CNc2ncnc3c2ncn3[C@@H]2O[C@H](CO)C[C@H]2O)cc1. The second-order valence-electron chi connectivity index (χ2n) is 6.46. The van der Waals surface area contributed by atoms with Crippen LogP contribution in [0.1, 0.15) is 18.2 Å². The summed E-state index contributed by atoms with van der Waals surface area (Å²) in [5, 5.41) is 33.3. The highest BCUT2D eigenvalue weighted by atomic mass is 16.6. The number of hydrogen-bond acceptors (Lipinski definition) is 9. The maximum atomic E-state index is 10.7. The van der Waals surface area contributed by atoms with E-state index in [9.17, 15) is 20.3 Å². The van der Waals surface area contributed by atoms with E-state index in [-0.39, 0.29) is 12.3 Å². The molecule has 3 heterocycles. The van der Waals surface area contributed by atoms with Crippen LogP contribution >= 0.6 is 0 Å². The lowest BCUT2D eigenvalue weighted by atomic mass is 10.2. The van der Waals surface area contributed by atoms with Crippen LogP contribution in [-0.2, 0) is 11.3 Å². The molecule has 1 aliphatic rings. The summed E-state index contributed by atoms with van der Waals surface area (Å²) in [6, 6.07) is 6.22. The maximum absolute atomic E-state index is 10.7. The van der Waals surface area contributed by atoms with Gasteiger partial charge in [0.25, 0.3) is 5.69 Å². The number of rotatable bonds is 6. The van der Waals surface area contributed by atoms with Crippen molar-refractivity contribution in [3.8, 4) is 0 Å². The fraction of sp³-hybridized carbons (Fsp3) is 0.353. The fourth-order valence-electron chi connectivity index (χ4n) is 3.19. The Hall–Kier alpha value is -3.15. The zero-order valence-electron chi connectivity index (χ0n) is 14.7. The van der Waals surface area contributed by atoms with Gasteiger partial charge in [0.05, 0.1) is 24.0 Å². The third-order valence-electron chi connectivity index (χ3n) is 4.61. The summed E-state index contributed by atoms with van der Waals surface area (Å²) in [7, 11) is 0. The summed E-state index contributed by atoms with van der Waals surface area (Å²) < 4.78 is 7.28. The lowest BCUT2D eigenvalue weighted by Gasteiger charge is -2.16. The molecule has 3 aromatic rings. The van der Waals surface area contributed by atoms with Crippen LogP contribution in [0.15, 0.2) is 36.9 Å². The number of benzene rings is 1. The third kappa shape index (κ3) is 3.38. The Balaban J connectivity index is 1.54. The molecule has 1 fully saturated rings. The molecule has 0 unspecified atom stereocenters. The third-order valence-corrected chi connectivity index (χ3v) is 4.61. The van der Waals surface area contributed by atoms with Gasteiger partial charge in [-0.3, -0.25) is 14.7 Å². The van der Waals surface area contributed by atoms with Gasteiger partial charge in [-0.15, -0.1) is 0 Å². The number of nitrogens with zero attached hydrogens (tertiary/aromatic N) is 5. The molecule has 28 heavy (non-hydrogen) atoms. The van der Waals surface area contributed by atoms with Crippen molar-refractivity contribution < 1.29 is 19.9 Å². The molecule has 0 bridgehead atoms. The minimum absolute atomic E-state index is 0.0308. The molecule has 11 heteroatoms. The van der Waals surface area contributed by atoms with Crippen molar-refractivity contribution in [2.75, 3.05) is 11.9 Å². The summed E-state index contributed by atoms with van der Waals surface area (Å²) in [4.78, 5) is 23.1. The molecule has 0 aliphatic carbocycles. The number of aliphatic hydroxyl groups is 2. The number of nitrogens with one attached hydrogen (secondary N) is 1. The first-order chi connectivity index (χ1) is 13.6. The second kappa shape index (κ2) is 7.46. The highest BCUT2D eigenvalue weighted by Gasteiger charge is 2.35. The number of nitro benzene ring substituents is 1. The highest BCUT2D eigenvalue weighted by Crippen LogP contribution is 2.31. The zero-order chi connectivity index (χ0) is 19.7. The molecule has 0 spiro atoms. The normalized spacial score (nSPS) is 21.9. The van der Waals surface area contributed by atoms with Gasteiger partial charge in [-0.2, -0.15) is 0 Å². The largest absolute Gasteiger partial charge is 0.394 e. The van der Waals surface area contributed by atoms with Crippen LogP contribution in [-0.4, -0.2) is 53.5 Å². The first-order valence-electron chi connectivity index (χ1n) is 8.66. The Morgan fingerprint density at radius 3 is 2.75 bits per heavy atom. The van der Waals surface area contributed by atoms with Crippen LogP contribution in [0, 0.1) is 10.1 Å². The summed E-state index contributed by atoms with van der Waals surface area (Å²) >= 11 is 0. The lowest BCUT2D eigenvalue weighted by Crippen LogP contribution is -2.19. The summed E-state index contributed by atoms with van der Waals surface area (Å²) in [6.07, 6.45) is 1.34. The van der Waals surface area contributed by atoms with Crippen LogP contribution in [0.2, 0.25) is 0 Å². The smallest absolute Gasteiger partial charge is 0.269 e. The van der Waals surface area contributed by atoms with Crippen LogP contribution < -0.4 is 5.32 Å². The van der Waals surface area contributed by atoms with Gasteiger partial charge in [0.1, 0.15) is 12.4 Å². The molecule has 1 aromatic carbocycles. The Kier molecular flexibility index (Phi) is 4.86. The predicted octanol–water partition coefficient (Wildman–Crippen LogP) is 0.987. The fourth-order valence-corrected chi connectivity index (χ4v) is 3.19. The van der Waals surface area contributed by atoms with E-state index in [2.05, 4.69) is 20.3 Å². The molecule has 3 N–H and O–H groups in total. The maximum Gasteiger partial charge on any atom is 0.269 e. The Labute approximate surface area is 158 Å². The summed E-state index contributed by atoms with van der Waals surface area (Å²) in [5.41, 5.74) is 1.87. The zero-order valence-corrected chi connectivity index (χ0v) is 14.7. The Morgan fingerprint density at radius 1 is 1.29 bits per heavy atom. The number of anilines is 1.